The van der Waals surface area contributed by atoms with Crippen LogP contribution in [0.25, 0.3) is 0 Å². The Morgan fingerprint density at radius 2 is 1.48 bits per heavy atom. The van der Waals surface area contributed by atoms with E-state index in [-0.39, 0.29) is 63.2 Å². The van der Waals surface area contributed by atoms with Crippen LogP contribution in [0.3, 0.4) is 0 Å². The molecule has 0 aromatic heterocycles. The number of amides is 5. The Balaban J connectivity index is 1.91. The van der Waals surface area contributed by atoms with Gasteiger partial charge in [0.2, 0.25) is 29.5 Å². The van der Waals surface area contributed by atoms with Crippen LogP contribution in [0, 0.1) is 5.92 Å². The molecule has 1 heterocycles. The summed E-state index contributed by atoms with van der Waals surface area (Å²) in [5.74, 6) is -4.32. The highest BCUT2D eigenvalue weighted by Crippen LogP contribution is 2.13. The van der Waals surface area contributed by atoms with E-state index in [1.807, 2.05) is 19.9 Å². The predicted molar refractivity (Wildman–Crippen MR) is 176 cm³/mol. The van der Waals surface area contributed by atoms with Gasteiger partial charge in [0, 0.05) is 19.4 Å². The average molecular weight is 667 g/mol. The number of hydrogen-bond donors (Lipinski definition) is 8. The summed E-state index contributed by atoms with van der Waals surface area (Å²) in [4.78, 5) is 78.5. The molecule has 0 spiro atoms. The first-order chi connectivity index (χ1) is 22.8. The number of phenols is 1. The SMILES string of the molecule is CC(C)CC1NC(=O)C(Cc2ccccc2)NC(=O)C(NC(=O)C(N)Cc2ccc(O)cc2)CCCNC(=O)C(CCC(=O)O)NC1=O. The third-order valence-corrected chi connectivity index (χ3v) is 7.87. The summed E-state index contributed by atoms with van der Waals surface area (Å²) in [6, 6.07) is 9.59. The van der Waals surface area contributed by atoms with Crippen molar-refractivity contribution in [3.05, 3.63) is 65.7 Å². The molecule has 5 atom stereocenters. The Hall–Kier alpha value is -4.98. The summed E-state index contributed by atoms with van der Waals surface area (Å²) < 4.78 is 0. The van der Waals surface area contributed by atoms with Crippen LogP contribution in [-0.4, -0.2) is 82.5 Å². The second kappa shape index (κ2) is 18.4. The van der Waals surface area contributed by atoms with Gasteiger partial charge in [0.05, 0.1) is 6.04 Å². The maximum Gasteiger partial charge on any atom is 0.303 e. The lowest BCUT2D eigenvalue weighted by Gasteiger charge is -2.27. The van der Waals surface area contributed by atoms with Gasteiger partial charge in [-0.1, -0.05) is 56.3 Å². The highest BCUT2D eigenvalue weighted by molar-refractivity contribution is 5.96. The van der Waals surface area contributed by atoms with E-state index in [4.69, 9.17) is 5.73 Å². The summed E-state index contributed by atoms with van der Waals surface area (Å²) in [7, 11) is 0. The van der Waals surface area contributed by atoms with Gasteiger partial charge in [-0.2, -0.15) is 0 Å². The van der Waals surface area contributed by atoms with Crippen molar-refractivity contribution in [1.82, 2.24) is 26.6 Å². The van der Waals surface area contributed by atoms with Crippen molar-refractivity contribution < 1.29 is 39.0 Å². The number of benzene rings is 2. The minimum atomic E-state index is -1.18. The number of rotatable bonds is 11. The van der Waals surface area contributed by atoms with Gasteiger partial charge in [-0.25, -0.2) is 0 Å². The number of aromatic hydroxyl groups is 1. The zero-order valence-corrected chi connectivity index (χ0v) is 27.2. The second-order valence-electron chi connectivity index (χ2n) is 12.4. The molecule has 5 amide bonds. The van der Waals surface area contributed by atoms with Crippen LogP contribution in [0.15, 0.2) is 54.6 Å². The topological polar surface area (TPSA) is 229 Å². The zero-order chi connectivity index (χ0) is 35.2. The van der Waals surface area contributed by atoms with Crippen LogP contribution in [0.1, 0.15) is 57.1 Å². The molecular weight excluding hydrogens is 620 g/mol. The Labute approximate surface area is 279 Å². The van der Waals surface area contributed by atoms with Crippen molar-refractivity contribution in [2.24, 2.45) is 11.7 Å². The standard InChI is InChI=1S/C34H46N6O8/c1-20(2)17-27-33(47)38-26(14-15-29(42)43)31(45)36-16-6-9-25(37-30(44)24(35)18-22-10-12-23(41)13-11-22)32(46)40-28(34(48)39-27)19-21-7-4-3-5-8-21/h3-5,7-8,10-13,20,24-28,41H,6,9,14-19,35H2,1-2H3,(H,36,45)(H,37,44)(H,38,47)(H,39,48)(H,40,46)(H,42,43). The van der Waals surface area contributed by atoms with Gasteiger partial charge in [-0.05, 0) is 61.3 Å². The first-order valence-electron chi connectivity index (χ1n) is 16.1. The van der Waals surface area contributed by atoms with Crippen LogP contribution in [0.5, 0.6) is 5.75 Å². The number of carboxylic acid groups (broad SMARTS) is 1. The number of carbonyl (C=O) groups is 6. The monoisotopic (exact) mass is 666 g/mol. The van der Waals surface area contributed by atoms with Gasteiger partial charge >= 0.3 is 5.97 Å². The van der Waals surface area contributed by atoms with E-state index in [1.165, 1.54) is 12.1 Å². The molecule has 5 unspecified atom stereocenters. The van der Waals surface area contributed by atoms with Crippen molar-refractivity contribution >= 4 is 35.5 Å². The van der Waals surface area contributed by atoms with E-state index in [1.54, 1.807) is 36.4 Å². The van der Waals surface area contributed by atoms with Gasteiger partial charge in [0.25, 0.3) is 0 Å². The smallest absolute Gasteiger partial charge is 0.303 e. The molecular formula is C34H46N6O8. The molecule has 1 aliphatic rings. The quantitative estimate of drug-likeness (QED) is 0.164. The molecule has 0 bridgehead atoms. The van der Waals surface area contributed by atoms with Crippen molar-refractivity contribution in [1.29, 1.82) is 0 Å². The molecule has 0 saturated carbocycles. The van der Waals surface area contributed by atoms with E-state index < -0.39 is 65.7 Å². The van der Waals surface area contributed by atoms with Crippen molar-refractivity contribution in [3.63, 3.8) is 0 Å². The fraction of sp³-hybridized carbons (Fsp3) is 0.471. The van der Waals surface area contributed by atoms with Gasteiger partial charge < -0.3 is 42.5 Å². The molecule has 260 valence electrons. The average Bonchev–Trinajstić information content (AvgIpc) is 3.04. The molecule has 1 aliphatic heterocycles. The highest BCUT2D eigenvalue weighted by Gasteiger charge is 2.33. The fourth-order valence-electron chi connectivity index (χ4n) is 5.28. The third-order valence-electron chi connectivity index (χ3n) is 7.87. The molecule has 2 aromatic rings. The van der Waals surface area contributed by atoms with Crippen LogP contribution >= 0.6 is 0 Å². The van der Waals surface area contributed by atoms with Gasteiger partial charge in [0.1, 0.15) is 29.9 Å². The molecule has 1 fully saturated rings. The third kappa shape index (κ3) is 12.3. The second-order valence-corrected chi connectivity index (χ2v) is 12.4. The van der Waals surface area contributed by atoms with Crippen LogP contribution in [-0.2, 0) is 41.6 Å². The van der Waals surface area contributed by atoms with Gasteiger partial charge in [-0.3, -0.25) is 28.8 Å². The maximum atomic E-state index is 13.8. The van der Waals surface area contributed by atoms with E-state index in [0.717, 1.165) is 5.56 Å². The lowest BCUT2D eigenvalue weighted by Crippen LogP contribution is -2.59. The number of aliphatic carboxylic acids is 1. The largest absolute Gasteiger partial charge is 0.508 e. The number of carboxylic acids is 1. The highest BCUT2D eigenvalue weighted by atomic mass is 16.4. The van der Waals surface area contributed by atoms with Crippen molar-refractivity contribution in [3.8, 4) is 5.75 Å². The van der Waals surface area contributed by atoms with Gasteiger partial charge in [0.15, 0.2) is 0 Å². The summed E-state index contributed by atoms with van der Waals surface area (Å²) in [5, 5.41) is 32.2. The fourth-order valence-corrected chi connectivity index (χ4v) is 5.28. The molecule has 3 rings (SSSR count). The molecule has 14 nitrogen and oxygen atoms in total. The first kappa shape index (κ1) is 37.5. The Morgan fingerprint density at radius 1 is 0.854 bits per heavy atom. The van der Waals surface area contributed by atoms with Gasteiger partial charge in [-0.15, -0.1) is 0 Å². The summed E-state index contributed by atoms with van der Waals surface area (Å²) >= 11 is 0. The summed E-state index contributed by atoms with van der Waals surface area (Å²) in [5.41, 5.74) is 7.60. The van der Waals surface area contributed by atoms with Crippen LogP contribution in [0.4, 0.5) is 0 Å². The van der Waals surface area contributed by atoms with E-state index >= 15 is 0 Å². The summed E-state index contributed by atoms with van der Waals surface area (Å²) in [6.45, 7) is 3.76. The molecule has 2 aromatic carbocycles. The predicted octanol–water partition coefficient (Wildman–Crippen LogP) is 0.265. The van der Waals surface area contributed by atoms with E-state index in [0.29, 0.717) is 5.56 Å². The van der Waals surface area contributed by atoms with Crippen molar-refractivity contribution in [2.75, 3.05) is 6.54 Å². The van der Waals surface area contributed by atoms with Crippen molar-refractivity contribution in [2.45, 2.75) is 89.0 Å². The number of phenolic OH excluding ortho intramolecular Hbond substituents is 1. The van der Waals surface area contributed by atoms with Crippen LogP contribution in [0.2, 0.25) is 0 Å². The Kier molecular flexibility index (Phi) is 14.4. The maximum absolute atomic E-state index is 13.8. The van der Waals surface area contributed by atoms with Crippen LogP contribution < -0.4 is 32.3 Å². The first-order valence-corrected chi connectivity index (χ1v) is 16.1. The zero-order valence-electron chi connectivity index (χ0n) is 27.2. The Bertz CT molecular complexity index is 1420. The molecule has 14 heteroatoms. The molecule has 0 aliphatic carbocycles. The normalized spacial score (nSPS) is 21.8. The Morgan fingerprint density at radius 3 is 2.12 bits per heavy atom. The molecule has 9 N–H and O–H groups in total. The number of carbonyl (C=O) groups excluding carboxylic acids is 5. The minimum Gasteiger partial charge on any atom is -0.508 e. The lowest BCUT2D eigenvalue weighted by atomic mass is 10.00. The number of nitrogens with one attached hydrogen (secondary N) is 5. The molecule has 48 heavy (non-hydrogen) atoms. The summed E-state index contributed by atoms with van der Waals surface area (Å²) in [6.07, 6.45) is 0.129. The lowest BCUT2D eigenvalue weighted by molar-refractivity contribution is -0.138. The number of nitrogens with two attached hydrogens (primary N) is 1. The number of hydrogen-bond acceptors (Lipinski definition) is 8. The van der Waals surface area contributed by atoms with E-state index in [2.05, 4.69) is 26.6 Å². The molecule has 1 saturated heterocycles. The minimum absolute atomic E-state index is 0.0531. The molecule has 0 radical (unpaired) electrons. The van der Waals surface area contributed by atoms with E-state index in [9.17, 15) is 39.0 Å².